The topological polar surface area (TPSA) is 4.44 Å². The van der Waals surface area contributed by atoms with E-state index in [0.29, 0.717) is 0 Å². The first-order valence-electron chi connectivity index (χ1n) is 2.00. The Hall–Kier alpha value is -0.210. The molecule has 0 heterocycles. The number of rotatable bonds is 1. The largest absolute Gasteiger partial charge is 0.428 e. The molecule has 0 aliphatic carbocycles. The Kier molecular flexibility index (Phi) is 2.79. The molecule has 0 aliphatic heterocycles. The molecule has 2 heteroatoms. The minimum absolute atomic E-state index is 0.750. The van der Waals surface area contributed by atoms with Crippen LogP contribution in [0.5, 0.6) is 0 Å². The van der Waals surface area contributed by atoms with E-state index in [1.54, 1.807) is 6.08 Å². The zero-order valence-corrected chi connectivity index (χ0v) is 5.22. The fourth-order valence-corrected chi connectivity index (χ4v) is 0.174. The monoisotopic (exact) mass is 115 g/mol. The van der Waals surface area contributed by atoms with E-state index in [0.717, 1.165) is 9.89 Å². The second-order valence-corrected chi connectivity index (χ2v) is 1.79. The molecule has 0 rings (SSSR count). The number of likely N-dealkylation sites (N-methyl/N-ethyl adjacent to an activating group) is 1. The standard InChI is InChI=1S/C5H9NS/c1-4-5(7)6(2)3/h4,6H,1-2H2,3H3. The predicted octanol–water partition coefficient (Wildman–Crippen LogP) is -0.194. The Morgan fingerprint density at radius 3 is 2.43 bits per heavy atom. The maximum absolute atomic E-state index is 4.76. The second kappa shape index (κ2) is 2.88. The van der Waals surface area contributed by atoms with Gasteiger partial charge in [0.25, 0.3) is 0 Å². The van der Waals surface area contributed by atoms with Crippen LogP contribution < -0.4 is 4.90 Å². The zero-order chi connectivity index (χ0) is 5.86. The zero-order valence-electron chi connectivity index (χ0n) is 4.40. The summed E-state index contributed by atoms with van der Waals surface area (Å²) in [7, 11) is 5.48. The maximum Gasteiger partial charge on any atom is 0.169 e. The summed E-state index contributed by atoms with van der Waals surface area (Å²) in [5.41, 5.74) is 0. The van der Waals surface area contributed by atoms with Gasteiger partial charge in [-0.05, 0) is 12.2 Å². The minimum atomic E-state index is 0.750. The molecule has 7 heavy (non-hydrogen) atoms. The number of hydrogen-bond donors (Lipinski definition) is 1. The molecule has 0 fully saturated rings. The van der Waals surface area contributed by atoms with Crippen molar-refractivity contribution in [1.29, 1.82) is 0 Å². The summed E-state index contributed by atoms with van der Waals surface area (Å²) in [5.74, 6) is 0. The van der Waals surface area contributed by atoms with Crippen LogP contribution in [0.3, 0.4) is 0 Å². The molecule has 0 spiro atoms. The summed E-state index contributed by atoms with van der Waals surface area (Å²) in [4.78, 5) is 1.66. The van der Waals surface area contributed by atoms with Gasteiger partial charge in [0, 0.05) is 13.1 Å². The van der Waals surface area contributed by atoms with Crippen LogP contribution in [0.25, 0.3) is 0 Å². The van der Waals surface area contributed by atoms with Gasteiger partial charge in [0.05, 0.1) is 0 Å². The van der Waals surface area contributed by atoms with Crippen LogP contribution in [0.2, 0.25) is 0 Å². The van der Waals surface area contributed by atoms with Crippen molar-refractivity contribution in [2.45, 2.75) is 0 Å². The van der Waals surface area contributed by atoms with Crippen molar-refractivity contribution in [2.75, 3.05) is 7.05 Å². The Morgan fingerprint density at radius 2 is 2.43 bits per heavy atom. The average molecular weight is 115 g/mol. The fraction of sp³-hybridized carbons (Fsp3) is 0.200. The third-order valence-electron chi connectivity index (χ3n) is 0.606. The molecule has 0 radical (unpaired) electrons. The van der Waals surface area contributed by atoms with Crippen LogP contribution in [-0.4, -0.2) is 12.0 Å². The van der Waals surface area contributed by atoms with Crippen molar-refractivity contribution < 1.29 is 4.90 Å². The minimum Gasteiger partial charge on any atom is -0.428 e. The number of thiocarbonyl (C=S) groups is 1. The molecule has 0 aromatic rings. The Bertz CT molecular complexity index is 86.1. The third kappa shape index (κ3) is 2.48. The van der Waals surface area contributed by atoms with Gasteiger partial charge in [0.1, 0.15) is 0 Å². The highest BCUT2D eigenvalue weighted by Gasteiger charge is 1.87. The van der Waals surface area contributed by atoms with Crippen molar-refractivity contribution in [3.8, 4) is 0 Å². The number of hydrogen-bond acceptors (Lipinski definition) is 1. The summed E-state index contributed by atoms with van der Waals surface area (Å²) in [6.07, 6.45) is 1.62. The van der Waals surface area contributed by atoms with E-state index in [1.807, 2.05) is 7.05 Å². The summed E-state index contributed by atoms with van der Waals surface area (Å²) in [5, 5.41) is 0. The fourth-order valence-electron chi connectivity index (χ4n) is 0.174. The highest BCUT2D eigenvalue weighted by atomic mass is 32.1. The van der Waals surface area contributed by atoms with Crippen LogP contribution >= 0.6 is 12.2 Å². The van der Waals surface area contributed by atoms with Gasteiger partial charge in [-0.2, -0.15) is 0 Å². The van der Waals surface area contributed by atoms with Crippen molar-refractivity contribution >= 4 is 17.2 Å². The van der Waals surface area contributed by atoms with E-state index >= 15 is 0 Å². The summed E-state index contributed by atoms with van der Waals surface area (Å²) in [6, 6.07) is 0. The summed E-state index contributed by atoms with van der Waals surface area (Å²) < 4.78 is 0. The molecule has 0 saturated carbocycles. The lowest BCUT2D eigenvalue weighted by Crippen LogP contribution is -3.05. The molecule has 0 saturated heterocycles. The third-order valence-corrected chi connectivity index (χ3v) is 1.12. The molecular weight excluding hydrogens is 106 g/mol. The molecule has 0 amide bonds. The molecule has 0 aliphatic rings. The Labute approximate surface area is 49.6 Å². The first kappa shape index (κ1) is 6.79. The molecule has 1 nitrogen and oxygen atoms in total. The SMILES string of the molecule is C=CC(=S)[NH+]([CH2-])C. The predicted molar refractivity (Wildman–Crippen MR) is 35.0 cm³/mol. The van der Waals surface area contributed by atoms with Gasteiger partial charge < -0.3 is 4.90 Å². The Morgan fingerprint density at radius 1 is 2.00 bits per heavy atom. The van der Waals surface area contributed by atoms with E-state index in [2.05, 4.69) is 13.6 Å². The van der Waals surface area contributed by atoms with Crippen molar-refractivity contribution in [3.63, 3.8) is 0 Å². The molecule has 0 aromatic heterocycles. The van der Waals surface area contributed by atoms with Crippen LogP contribution in [0.1, 0.15) is 0 Å². The van der Waals surface area contributed by atoms with E-state index < -0.39 is 0 Å². The smallest absolute Gasteiger partial charge is 0.169 e. The molecule has 0 bridgehead atoms. The van der Waals surface area contributed by atoms with Crippen LogP contribution in [0.15, 0.2) is 12.7 Å². The number of quaternary nitrogens is 1. The van der Waals surface area contributed by atoms with Gasteiger partial charge in [-0.25, -0.2) is 0 Å². The lowest BCUT2D eigenvalue weighted by atomic mass is 10.6. The van der Waals surface area contributed by atoms with Crippen LogP contribution in [-0.2, 0) is 0 Å². The molecule has 0 aromatic carbocycles. The molecule has 1 N–H and O–H groups in total. The number of nitrogens with one attached hydrogen (secondary N) is 1. The van der Waals surface area contributed by atoms with Crippen LogP contribution in [0.4, 0.5) is 0 Å². The first-order chi connectivity index (χ1) is 3.18. The van der Waals surface area contributed by atoms with Gasteiger partial charge in [-0.3, -0.25) is 0 Å². The van der Waals surface area contributed by atoms with Crippen molar-refractivity contribution in [2.24, 2.45) is 0 Å². The highest BCUT2D eigenvalue weighted by Crippen LogP contribution is 1.60. The molecule has 1 atom stereocenters. The molecular formula is C5H9NS. The quantitative estimate of drug-likeness (QED) is 0.282. The van der Waals surface area contributed by atoms with Gasteiger partial charge in [0.2, 0.25) is 0 Å². The second-order valence-electron chi connectivity index (χ2n) is 1.35. The van der Waals surface area contributed by atoms with Gasteiger partial charge >= 0.3 is 0 Å². The normalized spacial score (nSPS) is 12.9. The highest BCUT2D eigenvalue weighted by molar-refractivity contribution is 7.80. The maximum atomic E-state index is 4.76. The van der Waals surface area contributed by atoms with Crippen LogP contribution in [0, 0.1) is 7.05 Å². The van der Waals surface area contributed by atoms with Crippen molar-refractivity contribution in [3.05, 3.63) is 19.7 Å². The molecule has 40 valence electrons. The van der Waals surface area contributed by atoms with E-state index in [1.165, 1.54) is 0 Å². The summed E-state index contributed by atoms with van der Waals surface area (Å²) in [6.45, 7) is 3.48. The van der Waals surface area contributed by atoms with E-state index in [-0.39, 0.29) is 0 Å². The van der Waals surface area contributed by atoms with E-state index in [9.17, 15) is 0 Å². The summed E-state index contributed by atoms with van der Waals surface area (Å²) >= 11 is 4.76. The van der Waals surface area contributed by atoms with Gasteiger partial charge in [0.15, 0.2) is 4.99 Å². The average Bonchev–Trinajstić information content (AvgIpc) is 1.65. The first-order valence-corrected chi connectivity index (χ1v) is 2.41. The molecule has 1 unspecified atom stereocenters. The van der Waals surface area contributed by atoms with Gasteiger partial charge in [-0.15, -0.1) is 7.05 Å². The van der Waals surface area contributed by atoms with E-state index in [4.69, 9.17) is 12.2 Å². The van der Waals surface area contributed by atoms with Gasteiger partial charge in [-0.1, -0.05) is 6.58 Å². The van der Waals surface area contributed by atoms with Crippen molar-refractivity contribution in [1.82, 2.24) is 0 Å². The Balaban J connectivity index is 3.56. The lowest BCUT2D eigenvalue weighted by molar-refractivity contribution is -0.724. The lowest BCUT2D eigenvalue weighted by Gasteiger charge is -2.09.